The molecule has 12 aromatic rings. The van der Waals surface area contributed by atoms with Gasteiger partial charge in [-0.15, -0.1) is 0 Å². The number of rotatable bonds is 20. The van der Waals surface area contributed by atoms with Crippen molar-refractivity contribution >= 4 is 106 Å². The maximum atomic E-state index is 14.8. The summed E-state index contributed by atoms with van der Waals surface area (Å²) in [5.41, 5.74) is 12.1. The number of carbonyl (C=O) groups excluding carboxylic acids is 1. The number of hydrogen-bond acceptors (Lipinski definition) is 13. The molecule has 2 aliphatic carbocycles. The molecule has 0 radical (unpaired) electrons. The Morgan fingerprint density at radius 3 is 1.18 bits per heavy atom. The predicted molar refractivity (Wildman–Crippen MR) is 466 cm³/mol. The average Bonchev–Trinajstić information content (AvgIpc) is 0.889. The van der Waals surface area contributed by atoms with Crippen LogP contribution in [0.1, 0.15) is 151 Å². The average molecular weight is 1850 g/mol. The molecule has 2 fully saturated rings. The lowest BCUT2D eigenvalue weighted by molar-refractivity contribution is -0.116. The Balaban J connectivity index is 0.000000189. The second kappa shape index (κ2) is 36.4. The molecule has 16 nitrogen and oxygen atoms in total. The molecule has 0 amide bonds. The summed E-state index contributed by atoms with van der Waals surface area (Å²) in [5.74, 6) is -1.07. The van der Waals surface area contributed by atoms with Crippen LogP contribution in [-0.4, -0.2) is 59.1 Å². The van der Waals surface area contributed by atoms with E-state index in [-0.39, 0.29) is 122 Å². The maximum Gasteiger partial charge on any atom is 0.339 e. The van der Waals surface area contributed by atoms with Crippen LogP contribution < -0.4 is 44.2 Å². The van der Waals surface area contributed by atoms with Crippen LogP contribution in [0.5, 0.6) is 0 Å². The SMILES string of the molecule is C.C.C.CNCCn1c(C)c(-c2cccc(CC(C)=O)c2)c2oc(=O)c(C)c(Cc3ccc(I)cc3F)c2c1=O.CNCc1cccc(-c2c(C)n(C3CC3)c(=O)c3c(Cc4ccc(I)cc4F)c(C)c(=O)oc23)c1.Cc1c(Cc2ccc(I)cc2F)c2c(=O)n(C3CC3)c(C)c(-c3cccc(CN(C)C)c3)c2oc1=O. The van der Waals surface area contributed by atoms with Crippen LogP contribution in [0.4, 0.5) is 13.2 Å². The summed E-state index contributed by atoms with van der Waals surface area (Å²) in [4.78, 5) is 94.7. The van der Waals surface area contributed by atoms with Crippen LogP contribution in [0.25, 0.3) is 66.3 Å². The summed E-state index contributed by atoms with van der Waals surface area (Å²) in [7, 11) is 7.72. The molecular weight excluding hydrogens is 1750 g/mol. The summed E-state index contributed by atoms with van der Waals surface area (Å²) < 4.78 is 69.7. The van der Waals surface area contributed by atoms with E-state index in [1.54, 1.807) is 49.6 Å². The second-order valence-electron chi connectivity index (χ2n) is 28.3. The second-order valence-corrected chi connectivity index (χ2v) is 32.1. The van der Waals surface area contributed by atoms with E-state index in [1.807, 2.05) is 147 Å². The molecule has 0 bridgehead atoms. The van der Waals surface area contributed by atoms with Gasteiger partial charge in [0.25, 0.3) is 16.7 Å². The van der Waals surface area contributed by atoms with Crippen molar-refractivity contribution in [2.45, 2.75) is 154 Å². The summed E-state index contributed by atoms with van der Waals surface area (Å²) in [6, 6.07) is 38.8. The Labute approximate surface area is 685 Å². The molecule has 6 heterocycles. The van der Waals surface area contributed by atoms with Gasteiger partial charge in [-0.1, -0.05) is 101 Å². The highest BCUT2D eigenvalue weighted by molar-refractivity contribution is 14.1. The normalized spacial score (nSPS) is 12.5. The fourth-order valence-electron chi connectivity index (χ4n) is 14.6. The van der Waals surface area contributed by atoms with Crippen LogP contribution in [0.3, 0.4) is 0 Å². The van der Waals surface area contributed by atoms with Gasteiger partial charge in [0.2, 0.25) is 0 Å². The van der Waals surface area contributed by atoms with Gasteiger partial charge in [-0.25, -0.2) is 27.6 Å². The number of nitrogens with zero attached hydrogens (tertiary/aromatic N) is 4. The zero-order valence-electron chi connectivity index (χ0n) is 61.9. The van der Waals surface area contributed by atoms with Crippen LogP contribution in [-0.2, 0) is 50.1 Å². The third-order valence-corrected chi connectivity index (χ3v) is 22.2. The third-order valence-electron chi connectivity index (χ3n) is 20.2. The minimum atomic E-state index is -0.568. The Morgan fingerprint density at radius 2 is 0.829 bits per heavy atom. The Morgan fingerprint density at radius 1 is 0.477 bits per heavy atom. The van der Waals surface area contributed by atoms with E-state index >= 15 is 0 Å². The molecule has 6 aromatic carbocycles. The molecule has 0 unspecified atom stereocenters. The monoisotopic (exact) mass is 1840 g/mol. The minimum Gasteiger partial charge on any atom is -0.422 e. The first-order valence-corrected chi connectivity index (χ1v) is 39.0. The van der Waals surface area contributed by atoms with Crippen molar-refractivity contribution in [3.05, 3.63) is 302 Å². The smallest absolute Gasteiger partial charge is 0.339 e. The van der Waals surface area contributed by atoms with Crippen molar-refractivity contribution in [2.24, 2.45) is 0 Å². The molecular formula is C89H94F3I3N6O10. The highest BCUT2D eigenvalue weighted by Gasteiger charge is 2.34. The van der Waals surface area contributed by atoms with E-state index in [2.05, 4.69) is 78.9 Å². The van der Waals surface area contributed by atoms with Gasteiger partial charge in [-0.05, 0) is 285 Å². The lowest BCUT2D eigenvalue weighted by atomic mass is 9.93. The molecule has 2 N–H and O–H groups in total. The predicted octanol–water partition coefficient (Wildman–Crippen LogP) is 18.4. The van der Waals surface area contributed by atoms with Gasteiger partial charge in [0.1, 0.15) is 23.2 Å². The molecule has 0 aliphatic heterocycles. The molecule has 2 saturated carbocycles. The van der Waals surface area contributed by atoms with Crippen molar-refractivity contribution in [1.82, 2.24) is 29.2 Å². The number of fused-ring (bicyclic) bond motifs is 3. The highest BCUT2D eigenvalue weighted by atomic mass is 127. The molecule has 2 aliphatic rings. The van der Waals surface area contributed by atoms with Crippen LogP contribution >= 0.6 is 67.8 Å². The number of nitrogens with one attached hydrogen (secondary N) is 2. The summed E-state index contributed by atoms with van der Waals surface area (Å²) >= 11 is 6.17. The first-order chi connectivity index (χ1) is 51.6. The van der Waals surface area contributed by atoms with E-state index in [9.17, 15) is 46.7 Å². The number of pyridine rings is 3. The van der Waals surface area contributed by atoms with Gasteiger partial charge in [0.15, 0.2) is 16.7 Å². The van der Waals surface area contributed by atoms with Crippen LogP contribution in [0, 0.1) is 69.7 Å². The Kier molecular flexibility index (Phi) is 28.3. The summed E-state index contributed by atoms with van der Waals surface area (Å²) in [6.45, 7) is 14.5. The topological polar surface area (TPSA) is 201 Å². The largest absolute Gasteiger partial charge is 0.422 e. The number of likely N-dealkylation sites (N-methyl/N-ethyl adjacent to an activating group) is 1. The van der Waals surface area contributed by atoms with E-state index in [0.717, 1.165) is 98.8 Å². The quantitative estimate of drug-likeness (QED) is 0.0683. The van der Waals surface area contributed by atoms with E-state index in [0.29, 0.717) is 86.2 Å². The van der Waals surface area contributed by atoms with E-state index < -0.39 is 22.7 Å². The Hall–Kier alpha value is -8.67. The number of aromatic nitrogens is 3. The van der Waals surface area contributed by atoms with E-state index in [1.165, 1.54) is 25.1 Å². The summed E-state index contributed by atoms with van der Waals surface area (Å²) in [6.07, 6.45) is 4.35. The molecule has 0 saturated heterocycles. The number of hydrogen-bond donors (Lipinski definition) is 2. The van der Waals surface area contributed by atoms with Gasteiger partial charge in [-0.3, -0.25) is 19.2 Å². The number of halogens is 6. The van der Waals surface area contributed by atoms with E-state index in [4.69, 9.17) is 13.3 Å². The van der Waals surface area contributed by atoms with Gasteiger partial charge >= 0.3 is 16.9 Å². The molecule has 582 valence electrons. The lowest BCUT2D eigenvalue weighted by Crippen LogP contribution is -2.29. The molecule has 6 aromatic heterocycles. The summed E-state index contributed by atoms with van der Waals surface area (Å²) in [5, 5.41) is 7.24. The highest BCUT2D eigenvalue weighted by Crippen LogP contribution is 2.43. The first-order valence-electron chi connectivity index (χ1n) is 35.7. The zero-order chi connectivity index (χ0) is 77.4. The van der Waals surface area contributed by atoms with Gasteiger partial charge in [0, 0.05) is 125 Å². The molecule has 111 heavy (non-hydrogen) atoms. The molecule has 14 rings (SSSR count). The number of carbonyl (C=O) groups is 1. The standard InChI is InChI=1S/C29H28FIN2O4.C29H28FIN2O3.C28H26FIN2O3.3CH4/c1-16(34)12-19-6-5-7-21(13-19)25-18(3)33(11-10-32-4)28(35)26-23(17(2)29(36)37-27(25)26)14-20-8-9-22(31)15-24(20)30;1-16-23(13-19-8-9-21(31)14-24(19)30)26-27(36-29(16)35)25(17(2)33(28(26)34)22-10-11-22)20-7-5-6-18(12-20)15-32(3)4;1-15-22(12-18-7-8-20(30)13-23(18)29)25-26(35-28(15)34)24(16(2)32(27(25)33)21-9-10-21)19-6-4-5-17(11-19)14-31-3;;;/h5-9,13,15,32H,10-12,14H2,1-4H3;5-9,12,14,22H,10-11,13,15H2,1-4H3;4-8,11,13,21,31H,9-10,12,14H2,1-3H3;3*1H4. The minimum absolute atomic E-state index is 0. The molecule has 0 spiro atoms. The van der Waals surface area contributed by atoms with Gasteiger partial charge < -0.3 is 42.5 Å². The van der Waals surface area contributed by atoms with Crippen molar-refractivity contribution < 1.29 is 31.2 Å². The van der Waals surface area contributed by atoms with Gasteiger partial charge in [0.05, 0.1) is 16.2 Å². The fraction of sp³-hybridized carbons (Fsp3) is 0.315. The van der Waals surface area contributed by atoms with Crippen LogP contribution in [0.2, 0.25) is 0 Å². The molecule has 22 heteroatoms. The Bertz CT molecular complexity index is 5990. The van der Waals surface area contributed by atoms with Crippen molar-refractivity contribution in [3.63, 3.8) is 0 Å². The van der Waals surface area contributed by atoms with Crippen LogP contribution in [0.15, 0.2) is 169 Å². The molecule has 0 atom stereocenters. The first kappa shape index (κ1) is 86.3. The number of ketones is 1. The van der Waals surface area contributed by atoms with Gasteiger partial charge in [-0.2, -0.15) is 0 Å². The van der Waals surface area contributed by atoms with Crippen molar-refractivity contribution in [3.8, 4) is 33.4 Å². The van der Waals surface area contributed by atoms with Crippen molar-refractivity contribution in [2.75, 3.05) is 34.7 Å². The zero-order valence-corrected chi connectivity index (χ0v) is 68.4. The maximum absolute atomic E-state index is 14.8. The third kappa shape index (κ3) is 18.4. The number of benzene rings is 6. The fourth-order valence-corrected chi connectivity index (χ4v) is 15.9. The lowest BCUT2D eigenvalue weighted by Gasteiger charge is -2.19. The van der Waals surface area contributed by atoms with Crippen molar-refractivity contribution in [1.29, 1.82) is 0 Å². The number of Topliss-reactive ketones (excluding diaryl/α,β-unsaturated/α-hetero) is 1.